The number of hydrogen-bond acceptors (Lipinski definition) is 5. The zero-order valence-corrected chi connectivity index (χ0v) is 20.6. The van der Waals surface area contributed by atoms with Crippen LogP contribution in [0.1, 0.15) is 49.9 Å². The predicted octanol–water partition coefficient (Wildman–Crippen LogP) is 2.76. The first-order chi connectivity index (χ1) is 15.7. The van der Waals surface area contributed by atoms with Gasteiger partial charge >= 0.3 is 12.0 Å². The molecule has 2 aliphatic rings. The van der Waals surface area contributed by atoms with E-state index in [4.69, 9.17) is 4.74 Å². The lowest BCUT2D eigenvalue weighted by Crippen LogP contribution is -2.56. The number of piperazine rings is 1. The Balaban J connectivity index is 2.00. The Hall–Kier alpha value is -2.87. The largest absolute Gasteiger partial charge is 0.463 e. The van der Waals surface area contributed by atoms with Crippen molar-refractivity contribution < 1.29 is 19.1 Å². The van der Waals surface area contributed by atoms with Crippen LogP contribution in [0.15, 0.2) is 29.5 Å². The van der Waals surface area contributed by atoms with Crippen molar-refractivity contribution in [2.45, 2.75) is 53.1 Å². The molecule has 3 amide bonds. The first-order valence-electron chi connectivity index (χ1n) is 11.7. The standard InChI is InChI=1S/C25H36N4O4/c1-7-21(30)29-12-11-28(14-18(29)5)15-20-22(24(31)33-8-2)23(26-25(32)27(20)6)19-13-16(3)9-10-17(19)4/h9-10,13,18,23H,7-8,11-12,14-15H2,1-6H3,(H,26,32). The highest BCUT2D eigenvalue weighted by Crippen LogP contribution is 2.33. The molecule has 180 valence electrons. The van der Waals surface area contributed by atoms with Gasteiger partial charge in [0.2, 0.25) is 5.91 Å². The van der Waals surface area contributed by atoms with Crippen LogP contribution in [-0.2, 0) is 14.3 Å². The number of carbonyl (C=O) groups is 3. The Morgan fingerprint density at radius 3 is 2.55 bits per heavy atom. The highest BCUT2D eigenvalue weighted by atomic mass is 16.5. The first kappa shape index (κ1) is 24.8. The number of ether oxygens (including phenoxy) is 1. The van der Waals surface area contributed by atoms with Crippen molar-refractivity contribution >= 4 is 17.9 Å². The minimum absolute atomic E-state index is 0.0652. The monoisotopic (exact) mass is 456 g/mol. The fourth-order valence-electron chi connectivity index (χ4n) is 4.66. The molecule has 2 unspecified atom stereocenters. The summed E-state index contributed by atoms with van der Waals surface area (Å²) in [6, 6.07) is 5.27. The van der Waals surface area contributed by atoms with Crippen molar-refractivity contribution in [3.63, 3.8) is 0 Å². The normalized spacial score (nSPS) is 21.8. The van der Waals surface area contributed by atoms with Crippen molar-refractivity contribution in [1.82, 2.24) is 20.0 Å². The second-order valence-corrected chi connectivity index (χ2v) is 8.91. The predicted molar refractivity (Wildman–Crippen MR) is 127 cm³/mol. The molecule has 0 spiro atoms. The number of nitrogens with zero attached hydrogens (tertiary/aromatic N) is 3. The average Bonchev–Trinajstić information content (AvgIpc) is 2.78. The van der Waals surface area contributed by atoms with Gasteiger partial charge in [0.05, 0.1) is 18.2 Å². The van der Waals surface area contributed by atoms with Gasteiger partial charge in [0, 0.05) is 51.4 Å². The molecule has 3 rings (SSSR count). The number of benzene rings is 1. The summed E-state index contributed by atoms with van der Waals surface area (Å²) in [5, 5.41) is 3.00. The van der Waals surface area contributed by atoms with Crippen LogP contribution in [0.4, 0.5) is 4.79 Å². The molecule has 0 aromatic heterocycles. The number of likely N-dealkylation sites (N-methyl/N-ethyl adjacent to an activating group) is 1. The Bertz CT molecular complexity index is 958. The third-order valence-corrected chi connectivity index (χ3v) is 6.53. The topological polar surface area (TPSA) is 82.2 Å². The molecule has 8 heteroatoms. The van der Waals surface area contributed by atoms with Gasteiger partial charge in [0.15, 0.2) is 0 Å². The molecular formula is C25H36N4O4. The molecule has 1 saturated heterocycles. The Kier molecular flexibility index (Phi) is 7.79. The van der Waals surface area contributed by atoms with Crippen LogP contribution in [0.3, 0.4) is 0 Å². The van der Waals surface area contributed by atoms with Crippen molar-refractivity contribution in [2.75, 3.05) is 39.8 Å². The lowest BCUT2D eigenvalue weighted by Gasteiger charge is -2.42. The third kappa shape index (κ3) is 5.21. The van der Waals surface area contributed by atoms with Crippen molar-refractivity contribution in [3.8, 4) is 0 Å². The zero-order chi connectivity index (χ0) is 24.3. The fourth-order valence-corrected chi connectivity index (χ4v) is 4.66. The minimum Gasteiger partial charge on any atom is -0.463 e. The number of urea groups is 1. The number of esters is 1. The first-order valence-corrected chi connectivity index (χ1v) is 11.7. The van der Waals surface area contributed by atoms with E-state index in [-0.39, 0.29) is 24.6 Å². The molecule has 1 fully saturated rings. The van der Waals surface area contributed by atoms with Crippen molar-refractivity contribution in [1.29, 1.82) is 0 Å². The van der Waals surface area contributed by atoms with Gasteiger partial charge in [0.25, 0.3) is 0 Å². The average molecular weight is 457 g/mol. The lowest BCUT2D eigenvalue weighted by atomic mass is 9.90. The van der Waals surface area contributed by atoms with Crippen LogP contribution in [0.5, 0.6) is 0 Å². The van der Waals surface area contributed by atoms with Crippen LogP contribution >= 0.6 is 0 Å². The summed E-state index contributed by atoms with van der Waals surface area (Å²) < 4.78 is 5.44. The number of aryl methyl sites for hydroxylation is 2. The minimum atomic E-state index is -0.581. The number of carbonyl (C=O) groups excluding carboxylic acids is 3. The van der Waals surface area contributed by atoms with E-state index in [0.717, 1.165) is 16.7 Å². The summed E-state index contributed by atoms with van der Waals surface area (Å²) >= 11 is 0. The highest BCUT2D eigenvalue weighted by Gasteiger charge is 2.38. The Morgan fingerprint density at radius 1 is 1.18 bits per heavy atom. The van der Waals surface area contributed by atoms with Gasteiger partial charge in [0.1, 0.15) is 0 Å². The van der Waals surface area contributed by atoms with Crippen LogP contribution in [-0.4, -0.2) is 78.5 Å². The smallest absolute Gasteiger partial charge is 0.338 e. The van der Waals surface area contributed by atoms with Crippen LogP contribution in [0.25, 0.3) is 0 Å². The van der Waals surface area contributed by atoms with Gasteiger partial charge in [-0.15, -0.1) is 0 Å². The molecule has 1 N–H and O–H groups in total. The summed E-state index contributed by atoms with van der Waals surface area (Å²) in [6.07, 6.45) is 0.489. The van der Waals surface area contributed by atoms with Crippen molar-refractivity contribution in [3.05, 3.63) is 46.2 Å². The third-order valence-electron chi connectivity index (χ3n) is 6.53. The quantitative estimate of drug-likeness (QED) is 0.666. The molecule has 2 atom stereocenters. The second-order valence-electron chi connectivity index (χ2n) is 8.91. The van der Waals surface area contributed by atoms with Gasteiger partial charge in [-0.25, -0.2) is 9.59 Å². The molecular weight excluding hydrogens is 420 g/mol. The molecule has 0 saturated carbocycles. The van der Waals surface area contributed by atoms with E-state index in [2.05, 4.69) is 10.2 Å². The second kappa shape index (κ2) is 10.4. The van der Waals surface area contributed by atoms with Gasteiger partial charge in [-0.3, -0.25) is 14.6 Å². The molecule has 2 aliphatic heterocycles. The van der Waals surface area contributed by atoms with Gasteiger partial charge in [-0.2, -0.15) is 0 Å². The number of nitrogens with one attached hydrogen (secondary N) is 1. The van der Waals surface area contributed by atoms with E-state index in [9.17, 15) is 14.4 Å². The molecule has 0 radical (unpaired) electrons. The molecule has 2 heterocycles. The van der Waals surface area contributed by atoms with E-state index in [1.54, 1.807) is 14.0 Å². The van der Waals surface area contributed by atoms with Crippen molar-refractivity contribution in [2.24, 2.45) is 0 Å². The van der Waals surface area contributed by atoms with Crippen LogP contribution < -0.4 is 5.32 Å². The van der Waals surface area contributed by atoms with E-state index >= 15 is 0 Å². The molecule has 8 nitrogen and oxygen atoms in total. The number of rotatable bonds is 6. The van der Waals surface area contributed by atoms with Gasteiger partial charge < -0.3 is 15.0 Å². The lowest BCUT2D eigenvalue weighted by molar-refractivity contribution is -0.139. The maximum absolute atomic E-state index is 13.2. The summed E-state index contributed by atoms with van der Waals surface area (Å²) in [6.45, 7) is 12.3. The van der Waals surface area contributed by atoms with Crippen LogP contribution in [0.2, 0.25) is 0 Å². The summed E-state index contributed by atoms with van der Waals surface area (Å²) in [7, 11) is 1.68. The van der Waals surface area contributed by atoms with Gasteiger partial charge in [-0.1, -0.05) is 30.7 Å². The maximum Gasteiger partial charge on any atom is 0.338 e. The summed E-state index contributed by atoms with van der Waals surface area (Å²) in [5.74, 6) is -0.268. The fraction of sp³-hybridized carbons (Fsp3) is 0.560. The molecule has 0 bridgehead atoms. The van der Waals surface area contributed by atoms with E-state index in [1.165, 1.54) is 4.90 Å². The van der Waals surface area contributed by atoms with Gasteiger partial charge in [-0.05, 0) is 38.8 Å². The summed E-state index contributed by atoms with van der Waals surface area (Å²) in [4.78, 5) is 44.0. The maximum atomic E-state index is 13.2. The molecule has 0 aliphatic carbocycles. The Labute approximate surface area is 196 Å². The van der Waals surface area contributed by atoms with E-state index in [1.807, 2.05) is 50.8 Å². The molecule has 1 aromatic carbocycles. The van der Waals surface area contributed by atoms with E-state index < -0.39 is 12.0 Å². The Morgan fingerprint density at radius 2 is 1.91 bits per heavy atom. The number of hydrogen-bond donors (Lipinski definition) is 1. The van der Waals surface area contributed by atoms with Crippen LogP contribution in [0, 0.1) is 13.8 Å². The zero-order valence-electron chi connectivity index (χ0n) is 20.6. The highest BCUT2D eigenvalue weighted by molar-refractivity contribution is 5.95. The molecule has 33 heavy (non-hydrogen) atoms. The van der Waals surface area contributed by atoms with E-state index in [0.29, 0.717) is 43.9 Å². The SMILES string of the molecule is CCOC(=O)C1=C(CN2CCN(C(=O)CC)C(C)C2)N(C)C(=O)NC1c1cc(C)ccc1C. The summed E-state index contributed by atoms with van der Waals surface area (Å²) in [5.41, 5.74) is 4.05. The molecule has 1 aromatic rings. The number of amides is 3.